The Morgan fingerprint density at radius 3 is 2.56 bits per heavy atom. The minimum atomic E-state index is -0.424. The third-order valence-corrected chi connectivity index (χ3v) is 2.60. The van der Waals surface area contributed by atoms with Crippen LogP contribution < -0.4 is 5.32 Å². The molecule has 3 nitrogen and oxygen atoms in total. The van der Waals surface area contributed by atoms with Gasteiger partial charge in [-0.15, -0.1) is 11.6 Å². The summed E-state index contributed by atoms with van der Waals surface area (Å²) in [6.07, 6.45) is 4.33. The number of rotatable bonds is 6. The standard InChI is InChI=1S/C11H17ClFN3/c1-11(2,4-3-5-12)8-16-10-14-6-9(13)7-15-10/h6-7H,3-5,8H2,1-2H3,(H,14,15,16). The van der Waals surface area contributed by atoms with Gasteiger partial charge in [-0.05, 0) is 18.3 Å². The molecule has 0 aliphatic carbocycles. The van der Waals surface area contributed by atoms with Gasteiger partial charge in [-0.3, -0.25) is 0 Å². The summed E-state index contributed by atoms with van der Waals surface area (Å²) in [5.41, 5.74) is 0.132. The van der Waals surface area contributed by atoms with E-state index in [-0.39, 0.29) is 5.41 Å². The molecule has 0 aliphatic heterocycles. The molecule has 1 heterocycles. The number of hydrogen-bond donors (Lipinski definition) is 1. The molecule has 0 amide bonds. The van der Waals surface area contributed by atoms with Gasteiger partial charge in [-0.2, -0.15) is 0 Å². The highest BCUT2D eigenvalue weighted by Gasteiger charge is 2.17. The molecule has 1 N–H and O–H groups in total. The van der Waals surface area contributed by atoms with Crippen LogP contribution in [0, 0.1) is 11.2 Å². The number of hydrogen-bond acceptors (Lipinski definition) is 3. The van der Waals surface area contributed by atoms with E-state index < -0.39 is 5.82 Å². The molecule has 0 aromatic carbocycles. The van der Waals surface area contributed by atoms with E-state index in [1.807, 2.05) is 0 Å². The highest BCUT2D eigenvalue weighted by atomic mass is 35.5. The number of alkyl halides is 1. The highest BCUT2D eigenvalue weighted by molar-refractivity contribution is 6.17. The first kappa shape index (κ1) is 13.2. The summed E-state index contributed by atoms with van der Waals surface area (Å²) in [6.45, 7) is 5.04. The van der Waals surface area contributed by atoms with Crippen LogP contribution in [0.25, 0.3) is 0 Å². The van der Waals surface area contributed by atoms with Gasteiger partial charge in [0.1, 0.15) is 0 Å². The van der Waals surface area contributed by atoms with E-state index in [1.165, 1.54) is 0 Å². The Morgan fingerprint density at radius 2 is 2.00 bits per heavy atom. The summed E-state index contributed by atoms with van der Waals surface area (Å²) in [5.74, 6) is 0.712. The smallest absolute Gasteiger partial charge is 0.222 e. The van der Waals surface area contributed by atoms with E-state index in [0.29, 0.717) is 11.8 Å². The Labute approximate surface area is 100 Å². The predicted molar refractivity (Wildman–Crippen MR) is 64.2 cm³/mol. The lowest BCUT2D eigenvalue weighted by Gasteiger charge is -2.24. The zero-order valence-corrected chi connectivity index (χ0v) is 10.4. The van der Waals surface area contributed by atoms with E-state index in [9.17, 15) is 4.39 Å². The van der Waals surface area contributed by atoms with E-state index in [2.05, 4.69) is 29.1 Å². The maximum absolute atomic E-state index is 12.6. The van der Waals surface area contributed by atoms with Crippen molar-refractivity contribution in [1.82, 2.24) is 9.97 Å². The van der Waals surface area contributed by atoms with Crippen molar-refractivity contribution in [3.63, 3.8) is 0 Å². The van der Waals surface area contributed by atoms with Crippen LogP contribution in [-0.4, -0.2) is 22.4 Å². The monoisotopic (exact) mass is 245 g/mol. The first-order valence-electron chi connectivity index (χ1n) is 5.31. The van der Waals surface area contributed by atoms with Crippen molar-refractivity contribution in [2.24, 2.45) is 5.41 Å². The van der Waals surface area contributed by atoms with Crippen LogP contribution in [-0.2, 0) is 0 Å². The fourth-order valence-electron chi connectivity index (χ4n) is 1.36. The van der Waals surface area contributed by atoms with Gasteiger partial charge in [0.05, 0.1) is 12.4 Å². The van der Waals surface area contributed by atoms with Gasteiger partial charge in [-0.1, -0.05) is 13.8 Å². The molecule has 0 saturated heterocycles. The molecule has 16 heavy (non-hydrogen) atoms. The molecule has 90 valence electrons. The molecule has 1 aromatic heterocycles. The second-order valence-corrected chi connectivity index (χ2v) is 4.91. The summed E-state index contributed by atoms with van der Waals surface area (Å²) < 4.78 is 12.6. The first-order chi connectivity index (χ1) is 7.53. The summed E-state index contributed by atoms with van der Waals surface area (Å²) in [5, 5.41) is 3.09. The van der Waals surface area contributed by atoms with Gasteiger partial charge in [0.25, 0.3) is 0 Å². The number of aromatic nitrogens is 2. The van der Waals surface area contributed by atoms with Crippen LogP contribution in [0.4, 0.5) is 10.3 Å². The maximum atomic E-state index is 12.6. The number of nitrogens with zero attached hydrogens (tertiary/aromatic N) is 2. The Balaban J connectivity index is 2.41. The van der Waals surface area contributed by atoms with Gasteiger partial charge in [-0.25, -0.2) is 14.4 Å². The average molecular weight is 246 g/mol. The molecule has 0 spiro atoms. The summed E-state index contributed by atoms with van der Waals surface area (Å²) >= 11 is 5.66. The van der Waals surface area contributed by atoms with E-state index >= 15 is 0 Å². The van der Waals surface area contributed by atoms with Crippen molar-refractivity contribution < 1.29 is 4.39 Å². The first-order valence-corrected chi connectivity index (χ1v) is 5.84. The van der Waals surface area contributed by atoms with E-state index in [0.717, 1.165) is 31.8 Å². The SMILES string of the molecule is CC(C)(CCCCl)CNc1ncc(F)cn1. The fourth-order valence-corrected chi connectivity index (χ4v) is 1.49. The van der Waals surface area contributed by atoms with Crippen molar-refractivity contribution in [1.29, 1.82) is 0 Å². The van der Waals surface area contributed by atoms with Gasteiger partial charge in [0.2, 0.25) is 5.95 Å². The van der Waals surface area contributed by atoms with Gasteiger partial charge < -0.3 is 5.32 Å². The molecule has 0 atom stereocenters. The third kappa shape index (κ3) is 4.75. The Kier molecular flexibility index (Phi) is 4.93. The molecule has 0 saturated carbocycles. The molecule has 1 aromatic rings. The molecule has 0 aliphatic rings. The number of halogens is 2. The predicted octanol–water partition coefficient (Wildman–Crippen LogP) is 3.07. The number of nitrogens with one attached hydrogen (secondary N) is 1. The molecule has 0 fully saturated rings. The minimum absolute atomic E-state index is 0.132. The normalized spacial score (nSPS) is 11.5. The Hall–Kier alpha value is -0.900. The lowest BCUT2D eigenvalue weighted by Crippen LogP contribution is -2.24. The quantitative estimate of drug-likeness (QED) is 0.783. The molecule has 0 unspecified atom stereocenters. The highest BCUT2D eigenvalue weighted by Crippen LogP contribution is 2.22. The second-order valence-electron chi connectivity index (χ2n) is 4.54. The fraction of sp³-hybridized carbons (Fsp3) is 0.636. The Morgan fingerprint density at radius 1 is 1.38 bits per heavy atom. The van der Waals surface area contributed by atoms with Gasteiger partial charge in [0, 0.05) is 12.4 Å². The molecule has 5 heteroatoms. The molecule has 0 radical (unpaired) electrons. The maximum Gasteiger partial charge on any atom is 0.222 e. The zero-order valence-electron chi connectivity index (χ0n) is 9.63. The lowest BCUT2D eigenvalue weighted by molar-refractivity contribution is 0.354. The van der Waals surface area contributed by atoms with Gasteiger partial charge in [0.15, 0.2) is 5.82 Å². The largest absolute Gasteiger partial charge is 0.354 e. The second kappa shape index (κ2) is 5.99. The van der Waals surface area contributed by atoms with Crippen molar-refractivity contribution in [2.45, 2.75) is 26.7 Å². The third-order valence-electron chi connectivity index (χ3n) is 2.33. The van der Waals surface area contributed by atoms with Crippen LogP contribution >= 0.6 is 11.6 Å². The van der Waals surface area contributed by atoms with Crippen molar-refractivity contribution >= 4 is 17.5 Å². The van der Waals surface area contributed by atoms with Crippen LogP contribution in [0.1, 0.15) is 26.7 Å². The van der Waals surface area contributed by atoms with Crippen molar-refractivity contribution in [2.75, 3.05) is 17.7 Å². The number of anilines is 1. The van der Waals surface area contributed by atoms with Crippen LogP contribution in [0.3, 0.4) is 0 Å². The van der Waals surface area contributed by atoms with Crippen molar-refractivity contribution in [3.8, 4) is 0 Å². The minimum Gasteiger partial charge on any atom is -0.354 e. The summed E-state index contributed by atoms with van der Waals surface area (Å²) in [7, 11) is 0. The molecule has 1 rings (SSSR count). The topological polar surface area (TPSA) is 37.8 Å². The summed E-state index contributed by atoms with van der Waals surface area (Å²) in [6, 6.07) is 0. The van der Waals surface area contributed by atoms with Crippen LogP contribution in [0.15, 0.2) is 12.4 Å². The Bertz CT molecular complexity index is 314. The summed E-state index contributed by atoms with van der Waals surface area (Å²) in [4.78, 5) is 7.68. The molecule has 0 bridgehead atoms. The zero-order chi connectivity index (χ0) is 12.0. The van der Waals surface area contributed by atoms with Crippen LogP contribution in [0.2, 0.25) is 0 Å². The van der Waals surface area contributed by atoms with E-state index in [4.69, 9.17) is 11.6 Å². The average Bonchev–Trinajstić information content (AvgIpc) is 2.26. The lowest BCUT2D eigenvalue weighted by atomic mass is 9.88. The molecular weight excluding hydrogens is 229 g/mol. The van der Waals surface area contributed by atoms with Gasteiger partial charge >= 0.3 is 0 Å². The van der Waals surface area contributed by atoms with E-state index in [1.54, 1.807) is 0 Å². The van der Waals surface area contributed by atoms with Crippen LogP contribution in [0.5, 0.6) is 0 Å². The molecular formula is C11H17ClFN3. The van der Waals surface area contributed by atoms with Crippen molar-refractivity contribution in [3.05, 3.63) is 18.2 Å².